The second-order valence-electron chi connectivity index (χ2n) is 8.32. The Labute approximate surface area is 209 Å². The maximum absolute atomic E-state index is 14.7. The van der Waals surface area contributed by atoms with Crippen molar-refractivity contribution in [1.29, 1.82) is 0 Å². The minimum atomic E-state index is -0.769. The molecule has 2 aromatic heterocycles. The molecule has 5 rings (SSSR count). The first-order valence-electron chi connectivity index (χ1n) is 11.0. The summed E-state index contributed by atoms with van der Waals surface area (Å²) in [7, 11) is 0. The number of rotatable bonds is 6. The van der Waals surface area contributed by atoms with E-state index in [1.54, 1.807) is 12.3 Å². The number of carbonyl (C=O) groups is 1. The summed E-state index contributed by atoms with van der Waals surface area (Å²) in [5.41, 5.74) is 6.33. The smallest absolute Gasteiger partial charge is 0.267 e. The van der Waals surface area contributed by atoms with Crippen molar-refractivity contribution >= 4 is 29.0 Å². The van der Waals surface area contributed by atoms with Gasteiger partial charge in [-0.2, -0.15) is 0 Å². The zero-order valence-corrected chi connectivity index (χ0v) is 19.4. The lowest BCUT2D eigenvalue weighted by molar-refractivity contribution is 0.102. The van der Waals surface area contributed by atoms with Gasteiger partial charge in [0.25, 0.3) is 11.5 Å². The molecule has 1 aliphatic carbocycles. The second kappa shape index (κ2) is 9.43. The molecule has 3 N–H and O–H groups in total. The molecule has 0 radical (unpaired) electrons. The summed E-state index contributed by atoms with van der Waals surface area (Å²) in [5, 5.41) is 2.61. The number of ether oxygens (including phenoxy) is 1. The normalized spacial score (nSPS) is 12.9. The molecule has 0 atom stereocenters. The summed E-state index contributed by atoms with van der Waals surface area (Å²) in [5.74, 6) is -1.64. The molecule has 0 saturated heterocycles. The van der Waals surface area contributed by atoms with E-state index in [0.717, 1.165) is 24.5 Å². The summed E-state index contributed by atoms with van der Waals surface area (Å²) < 4.78 is 34.9. The number of nitrogens with two attached hydrogens (primary N) is 1. The first kappa shape index (κ1) is 23.5. The van der Waals surface area contributed by atoms with E-state index in [4.69, 9.17) is 22.1 Å². The average molecular weight is 509 g/mol. The van der Waals surface area contributed by atoms with Crippen LogP contribution in [0.4, 0.5) is 20.3 Å². The topological polar surface area (TPSA) is 99.2 Å². The number of nitrogens with zero attached hydrogens (tertiary/aromatic N) is 2. The van der Waals surface area contributed by atoms with Crippen molar-refractivity contribution in [2.75, 3.05) is 11.1 Å². The number of amides is 1. The molecule has 0 bridgehead atoms. The molecule has 7 nitrogen and oxygen atoms in total. The van der Waals surface area contributed by atoms with E-state index >= 15 is 0 Å². The molecular weight excluding hydrogens is 490 g/mol. The van der Waals surface area contributed by atoms with Gasteiger partial charge in [-0.05, 0) is 66.8 Å². The van der Waals surface area contributed by atoms with Gasteiger partial charge in [0.05, 0.1) is 0 Å². The number of anilines is 2. The molecule has 1 amide bonds. The van der Waals surface area contributed by atoms with Crippen molar-refractivity contribution in [3.63, 3.8) is 0 Å². The quantitative estimate of drug-likeness (QED) is 0.349. The Morgan fingerprint density at radius 3 is 2.53 bits per heavy atom. The van der Waals surface area contributed by atoms with Gasteiger partial charge in [0, 0.05) is 35.9 Å². The Morgan fingerprint density at radius 1 is 1.08 bits per heavy atom. The fourth-order valence-electron chi connectivity index (χ4n) is 3.70. The fraction of sp³-hybridized carbons (Fsp3) is 0.115. The summed E-state index contributed by atoms with van der Waals surface area (Å²) >= 11 is 6.04. The van der Waals surface area contributed by atoms with Crippen molar-refractivity contribution in [2.45, 2.75) is 18.8 Å². The third-order valence-electron chi connectivity index (χ3n) is 5.73. The first-order chi connectivity index (χ1) is 17.3. The Kier molecular flexibility index (Phi) is 6.15. The third-order valence-corrected chi connectivity index (χ3v) is 6.11. The highest BCUT2D eigenvalue weighted by Crippen LogP contribution is 2.40. The van der Waals surface area contributed by atoms with Gasteiger partial charge in [-0.1, -0.05) is 11.6 Å². The van der Waals surface area contributed by atoms with Crippen molar-refractivity contribution in [3.8, 4) is 17.2 Å². The standard InChI is InChI=1S/C26H19ClF2N4O3/c27-23-22(9-10-31-24(23)30)36-21-8-5-17(12-20(21)29)32-25(34)19-11-15(14-1-2-14)13-33(26(19)35)18-6-3-16(28)4-7-18/h3-14H,1-2H2,(H2,30,31)(H,32,34). The predicted octanol–water partition coefficient (Wildman–Crippen LogP) is 5.67. The van der Waals surface area contributed by atoms with E-state index in [2.05, 4.69) is 10.3 Å². The molecule has 10 heteroatoms. The van der Waals surface area contributed by atoms with Gasteiger partial charge in [-0.3, -0.25) is 14.2 Å². The number of pyridine rings is 2. The molecule has 1 fully saturated rings. The van der Waals surface area contributed by atoms with Crippen molar-refractivity contribution < 1.29 is 18.3 Å². The molecule has 2 aromatic carbocycles. The van der Waals surface area contributed by atoms with Crippen molar-refractivity contribution in [2.24, 2.45) is 0 Å². The van der Waals surface area contributed by atoms with Crippen molar-refractivity contribution in [3.05, 3.63) is 105 Å². The van der Waals surface area contributed by atoms with Gasteiger partial charge >= 0.3 is 0 Å². The fourth-order valence-corrected chi connectivity index (χ4v) is 3.85. The molecule has 1 aliphatic rings. The number of benzene rings is 2. The number of hydrogen-bond acceptors (Lipinski definition) is 5. The zero-order chi connectivity index (χ0) is 25.4. The number of hydrogen-bond donors (Lipinski definition) is 2. The van der Waals surface area contributed by atoms with Crippen LogP contribution < -0.4 is 21.3 Å². The van der Waals surface area contributed by atoms with Crippen LogP contribution >= 0.6 is 11.6 Å². The number of aromatic nitrogens is 2. The number of nitrogens with one attached hydrogen (secondary N) is 1. The number of halogens is 3. The van der Waals surface area contributed by atoms with Crippen LogP contribution in [0, 0.1) is 11.6 Å². The molecule has 0 aliphatic heterocycles. The van der Waals surface area contributed by atoms with Gasteiger partial charge in [-0.25, -0.2) is 13.8 Å². The van der Waals surface area contributed by atoms with Crippen LogP contribution in [-0.4, -0.2) is 15.5 Å². The van der Waals surface area contributed by atoms with Gasteiger partial charge in [0.15, 0.2) is 17.3 Å². The summed E-state index contributed by atoms with van der Waals surface area (Å²) in [6.07, 6.45) is 4.94. The van der Waals surface area contributed by atoms with E-state index in [9.17, 15) is 18.4 Å². The Bertz CT molecular complexity index is 1540. The average Bonchev–Trinajstić information content (AvgIpc) is 3.70. The van der Waals surface area contributed by atoms with Crippen LogP contribution in [0.5, 0.6) is 11.5 Å². The van der Waals surface area contributed by atoms with E-state index in [-0.39, 0.29) is 39.5 Å². The maximum atomic E-state index is 14.7. The second-order valence-corrected chi connectivity index (χ2v) is 8.70. The molecular formula is C26H19ClF2N4O3. The Morgan fingerprint density at radius 2 is 1.83 bits per heavy atom. The molecule has 0 spiro atoms. The molecule has 1 saturated carbocycles. The molecule has 36 heavy (non-hydrogen) atoms. The Balaban J connectivity index is 1.42. The minimum absolute atomic E-state index is 0.0400. The van der Waals surface area contributed by atoms with Crippen molar-refractivity contribution in [1.82, 2.24) is 9.55 Å². The van der Waals surface area contributed by atoms with Gasteiger partial charge in [0.1, 0.15) is 22.2 Å². The lowest BCUT2D eigenvalue weighted by Crippen LogP contribution is -2.28. The molecule has 0 unspecified atom stereocenters. The minimum Gasteiger partial charge on any atom is -0.453 e. The molecule has 2 heterocycles. The van der Waals surface area contributed by atoms with Gasteiger partial charge < -0.3 is 15.8 Å². The maximum Gasteiger partial charge on any atom is 0.267 e. The summed E-state index contributed by atoms with van der Waals surface area (Å²) in [4.78, 5) is 30.0. The van der Waals surface area contributed by atoms with Crippen LogP contribution in [0.15, 0.2) is 71.8 Å². The predicted molar refractivity (Wildman–Crippen MR) is 132 cm³/mol. The highest BCUT2D eigenvalue weighted by atomic mass is 35.5. The van der Waals surface area contributed by atoms with Crippen LogP contribution in [0.1, 0.15) is 34.7 Å². The Hall–Kier alpha value is -4.24. The SMILES string of the molecule is Nc1nccc(Oc2ccc(NC(=O)c3cc(C4CC4)cn(-c4ccc(F)cc4)c3=O)cc2F)c1Cl. The zero-order valence-electron chi connectivity index (χ0n) is 18.7. The van der Waals surface area contributed by atoms with Gasteiger partial charge in [0.2, 0.25) is 0 Å². The summed E-state index contributed by atoms with van der Waals surface area (Å²) in [6, 6.07) is 12.2. The van der Waals surface area contributed by atoms with E-state index in [0.29, 0.717) is 5.69 Å². The molecule has 4 aromatic rings. The van der Waals surface area contributed by atoms with Crippen LogP contribution in [-0.2, 0) is 0 Å². The van der Waals surface area contributed by atoms with E-state index in [1.807, 2.05) is 0 Å². The first-order valence-corrected chi connectivity index (χ1v) is 11.4. The van der Waals surface area contributed by atoms with E-state index < -0.39 is 23.1 Å². The highest BCUT2D eigenvalue weighted by Gasteiger charge is 2.27. The number of nitrogen functional groups attached to an aromatic ring is 1. The highest BCUT2D eigenvalue weighted by molar-refractivity contribution is 6.34. The summed E-state index contributed by atoms with van der Waals surface area (Å²) in [6.45, 7) is 0. The largest absolute Gasteiger partial charge is 0.453 e. The van der Waals surface area contributed by atoms with E-state index in [1.165, 1.54) is 53.2 Å². The van der Waals surface area contributed by atoms with Crippen LogP contribution in [0.3, 0.4) is 0 Å². The number of carbonyl (C=O) groups excluding carboxylic acids is 1. The monoisotopic (exact) mass is 508 g/mol. The van der Waals surface area contributed by atoms with Crippen LogP contribution in [0.2, 0.25) is 5.02 Å². The van der Waals surface area contributed by atoms with Gasteiger partial charge in [-0.15, -0.1) is 0 Å². The molecule has 182 valence electrons. The lowest BCUT2D eigenvalue weighted by atomic mass is 10.1. The third kappa shape index (κ3) is 4.78. The lowest BCUT2D eigenvalue weighted by Gasteiger charge is -2.13. The van der Waals surface area contributed by atoms with Crippen LogP contribution in [0.25, 0.3) is 5.69 Å².